The molecule has 0 aliphatic carbocycles. The average Bonchev–Trinajstić information content (AvgIpc) is 2.43. The van der Waals surface area contributed by atoms with E-state index >= 15 is 0 Å². The van der Waals surface area contributed by atoms with Gasteiger partial charge in [-0.2, -0.15) is 0 Å². The number of hydrogen-bond donors (Lipinski definition) is 1. The van der Waals surface area contributed by atoms with Gasteiger partial charge in [-0.1, -0.05) is 49.8 Å². The van der Waals surface area contributed by atoms with Crippen LogP contribution in [-0.2, 0) is 0 Å². The first-order chi connectivity index (χ1) is 8.85. The fourth-order valence-electron chi connectivity index (χ4n) is 2.04. The van der Waals surface area contributed by atoms with Crippen LogP contribution < -0.4 is 5.32 Å². The number of fused-ring (bicyclic) bond motifs is 1. The molecule has 0 unspecified atom stereocenters. The lowest BCUT2D eigenvalue weighted by atomic mass is 10.0. The van der Waals surface area contributed by atoms with Crippen LogP contribution in [0.15, 0.2) is 42.2 Å². The zero-order valence-corrected chi connectivity index (χ0v) is 11.1. The monoisotopic (exact) mass is 240 g/mol. The van der Waals surface area contributed by atoms with Gasteiger partial charge in [0.25, 0.3) is 0 Å². The SMILES string of the molecule is CCNC/C(=C/c1cncc2ccccc12)CC. The molecule has 1 aromatic carbocycles. The summed E-state index contributed by atoms with van der Waals surface area (Å²) < 4.78 is 0. The van der Waals surface area contributed by atoms with Gasteiger partial charge in [-0.25, -0.2) is 0 Å². The van der Waals surface area contributed by atoms with Crippen LogP contribution in [0.2, 0.25) is 0 Å². The van der Waals surface area contributed by atoms with Crippen molar-refractivity contribution in [1.82, 2.24) is 10.3 Å². The van der Waals surface area contributed by atoms with Crippen molar-refractivity contribution in [3.8, 4) is 0 Å². The van der Waals surface area contributed by atoms with Crippen LogP contribution in [0, 0.1) is 0 Å². The lowest BCUT2D eigenvalue weighted by Gasteiger charge is -2.07. The van der Waals surface area contributed by atoms with E-state index in [1.165, 1.54) is 21.9 Å². The number of hydrogen-bond acceptors (Lipinski definition) is 2. The summed E-state index contributed by atoms with van der Waals surface area (Å²) in [5.74, 6) is 0. The molecule has 2 heteroatoms. The average molecular weight is 240 g/mol. The smallest absolute Gasteiger partial charge is 0.0346 e. The Hall–Kier alpha value is -1.67. The number of rotatable bonds is 5. The van der Waals surface area contributed by atoms with E-state index in [1.807, 2.05) is 12.4 Å². The van der Waals surface area contributed by atoms with E-state index in [0.29, 0.717) is 0 Å². The number of benzene rings is 1. The highest BCUT2D eigenvalue weighted by atomic mass is 14.8. The summed E-state index contributed by atoms with van der Waals surface area (Å²) in [4.78, 5) is 4.32. The number of pyridine rings is 1. The molecule has 0 saturated heterocycles. The topological polar surface area (TPSA) is 24.9 Å². The van der Waals surface area contributed by atoms with Crippen molar-refractivity contribution < 1.29 is 0 Å². The quantitative estimate of drug-likeness (QED) is 0.863. The van der Waals surface area contributed by atoms with Gasteiger partial charge in [0.15, 0.2) is 0 Å². The van der Waals surface area contributed by atoms with Crippen LogP contribution in [0.3, 0.4) is 0 Å². The summed E-state index contributed by atoms with van der Waals surface area (Å²) in [5, 5.41) is 5.85. The number of nitrogens with zero attached hydrogens (tertiary/aromatic N) is 1. The van der Waals surface area contributed by atoms with E-state index in [-0.39, 0.29) is 0 Å². The first-order valence-electron chi connectivity index (χ1n) is 6.58. The van der Waals surface area contributed by atoms with Gasteiger partial charge >= 0.3 is 0 Å². The molecule has 18 heavy (non-hydrogen) atoms. The molecule has 2 aromatic rings. The van der Waals surface area contributed by atoms with E-state index in [0.717, 1.165) is 19.5 Å². The zero-order chi connectivity index (χ0) is 12.8. The van der Waals surface area contributed by atoms with Gasteiger partial charge in [0.1, 0.15) is 0 Å². The summed E-state index contributed by atoms with van der Waals surface area (Å²) in [5.41, 5.74) is 2.62. The molecule has 0 atom stereocenters. The van der Waals surface area contributed by atoms with Gasteiger partial charge in [0, 0.05) is 29.9 Å². The molecule has 0 radical (unpaired) electrons. The highest BCUT2D eigenvalue weighted by Crippen LogP contribution is 2.20. The lowest BCUT2D eigenvalue weighted by molar-refractivity contribution is 0.762. The predicted molar refractivity (Wildman–Crippen MR) is 78.6 cm³/mol. The van der Waals surface area contributed by atoms with Crippen LogP contribution in [0.5, 0.6) is 0 Å². The fraction of sp³-hybridized carbons (Fsp3) is 0.312. The summed E-state index contributed by atoms with van der Waals surface area (Å²) in [6, 6.07) is 8.39. The summed E-state index contributed by atoms with van der Waals surface area (Å²) in [6.07, 6.45) is 7.20. The highest BCUT2D eigenvalue weighted by Gasteiger charge is 2.00. The molecule has 94 valence electrons. The van der Waals surface area contributed by atoms with Crippen LogP contribution >= 0.6 is 0 Å². The first kappa shape index (κ1) is 12.8. The van der Waals surface area contributed by atoms with Gasteiger partial charge in [-0.15, -0.1) is 0 Å². The highest BCUT2D eigenvalue weighted by molar-refractivity contribution is 5.89. The molecule has 0 amide bonds. The molecular weight excluding hydrogens is 220 g/mol. The molecule has 2 nitrogen and oxygen atoms in total. The molecule has 0 aliphatic rings. The van der Waals surface area contributed by atoms with Crippen molar-refractivity contribution in [2.24, 2.45) is 0 Å². The summed E-state index contributed by atoms with van der Waals surface area (Å²) in [7, 11) is 0. The Morgan fingerprint density at radius 3 is 2.83 bits per heavy atom. The van der Waals surface area contributed by atoms with Crippen molar-refractivity contribution in [2.75, 3.05) is 13.1 Å². The van der Waals surface area contributed by atoms with Crippen molar-refractivity contribution in [3.05, 3.63) is 47.8 Å². The van der Waals surface area contributed by atoms with E-state index in [2.05, 4.69) is 54.5 Å². The number of nitrogens with one attached hydrogen (secondary N) is 1. The third-order valence-electron chi connectivity index (χ3n) is 3.11. The summed E-state index contributed by atoms with van der Waals surface area (Å²) in [6.45, 7) is 6.29. The third kappa shape index (κ3) is 2.96. The minimum Gasteiger partial charge on any atom is -0.313 e. The molecule has 1 N–H and O–H groups in total. The molecule has 1 aromatic heterocycles. The first-order valence-corrected chi connectivity index (χ1v) is 6.58. The Labute approximate surface area is 109 Å². The molecule has 0 aliphatic heterocycles. The number of aromatic nitrogens is 1. The maximum Gasteiger partial charge on any atom is 0.0346 e. The Morgan fingerprint density at radius 2 is 2.06 bits per heavy atom. The Bertz CT molecular complexity index is 538. The van der Waals surface area contributed by atoms with Crippen molar-refractivity contribution in [1.29, 1.82) is 0 Å². The summed E-state index contributed by atoms with van der Waals surface area (Å²) >= 11 is 0. The Balaban J connectivity index is 2.37. The largest absolute Gasteiger partial charge is 0.313 e. The minimum absolute atomic E-state index is 0.955. The van der Waals surface area contributed by atoms with Crippen molar-refractivity contribution in [3.63, 3.8) is 0 Å². The minimum atomic E-state index is 0.955. The van der Waals surface area contributed by atoms with Gasteiger partial charge in [-0.3, -0.25) is 4.98 Å². The number of likely N-dealkylation sites (N-methyl/N-ethyl adjacent to an activating group) is 1. The van der Waals surface area contributed by atoms with Gasteiger partial charge in [-0.05, 0) is 18.4 Å². The van der Waals surface area contributed by atoms with Crippen LogP contribution in [0.4, 0.5) is 0 Å². The van der Waals surface area contributed by atoms with Crippen molar-refractivity contribution in [2.45, 2.75) is 20.3 Å². The van der Waals surface area contributed by atoms with Gasteiger partial charge in [0.2, 0.25) is 0 Å². The lowest BCUT2D eigenvalue weighted by Crippen LogP contribution is -2.15. The van der Waals surface area contributed by atoms with Crippen LogP contribution in [-0.4, -0.2) is 18.1 Å². The molecule has 2 rings (SSSR count). The van der Waals surface area contributed by atoms with E-state index in [4.69, 9.17) is 0 Å². The second-order valence-electron chi connectivity index (χ2n) is 4.39. The second kappa shape index (κ2) is 6.31. The maximum absolute atomic E-state index is 4.32. The Morgan fingerprint density at radius 1 is 1.22 bits per heavy atom. The van der Waals surface area contributed by atoms with E-state index in [9.17, 15) is 0 Å². The standard InChI is InChI=1S/C16H20N2/c1-3-13(10-17-4-2)9-15-12-18-11-14-7-5-6-8-16(14)15/h5-9,11-12,17H,3-4,10H2,1-2H3/b13-9+. The molecule has 0 fully saturated rings. The Kier molecular flexibility index (Phi) is 4.48. The van der Waals surface area contributed by atoms with Crippen LogP contribution in [0.25, 0.3) is 16.8 Å². The molecule has 0 saturated carbocycles. The van der Waals surface area contributed by atoms with Crippen LogP contribution in [0.1, 0.15) is 25.8 Å². The van der Waals surface area contributed by atoms with Gasteiger partial charge < -0.3 is 5.32 Å². The molecular formula is C16H20N2. The fourth-order valence-corrected chi connectivity index (χ4v) is 2.04. The molecule has 1 heterocycles. The zero-order valence-electron chi connectivity index (χ0n) is 11.1. The molecule has 0 spiro atoms. The normalized spacial score (nSPS) is 12.0. The maximum atomic E-state index is 4.32. The van der Waals surface area contributed by atoms with Gasteiger partial charge in [0.05, 0.1) is 0 Å². The van der Waals surface area contributed by atoms with E-state index < -0.39 is 0 Å². The van der Waals surface area contributed by atoms with E-state index in [1.54, 1.807) is 0 Å². The predicted octanol–water partition coefficient (Wildman–Crippen LogP) is 3.64. The second-order valence-corrected chi connectivity index (χ2v) is 4.39. The van der Waals surface area contributed by atoms with Crippen molar-refractivity contribution >= 4 is 16.8 Å². The molecule has 0 bridgehead atoms. The third-order valence-corrected chi connectivity index (χ3v) is 3.11.